The van der Waals surface area contributed by atoms with Gasteiger partial charge in [-0.15, -0.1) is 0 Å². The van der Waals surface area contributed by atoms with Gasteiger partial charge in [0.2, 0.25) is 5.91 Å². The van der Waals surface area contributed by atoms with Crippen molar-refractivity contribution in [2.45, 2.75) is 39.3 Å². The summed E-state index contributed by atoms with van der Waals surface area (Å²) in [7, 11) is 0. The minimum atomic E-state index is -0.181. The first-order chi connectivity index (χ1) is 10.5. The summed E-state index contributed by atoms with van der Waals surface area (Å²) in [6.45, 7) is 6.09. The normalized spacial score (nSPS) is 17.9. The number of likely N-dealkylation sites (tertiary alicyclic amines) is 1. The van der Waals surface area contributed by atoms with Gasteiger partial charge in [-0.3, -0.25) is 4.79 Å². The number of nitrogens with one attached hydrogen (secondary N) is 2. The molecule has 1 atom stereocenters. The molecular weight excluding hydrogens is 278 g/mol. The van der Waals surface area contributed by atoms with Gasteiger partial charge in [0.15, 0.2) is 0 Å². The highest BCUT2D eigenvalue weighted by atomic mass is 16.2. The summed E-state index contributed by atoms with van der Waals surface area (Å²) in [6, 6.07) is 9.62. The van der Waals surface area contributed by atoms with Crippen LogP contribution < -0.4 is 10.6 Å². The molecule has 0 aliphatic carbocycles. The molecular formula is C17H25N3O2. The average Bonchev–Trinajstić information content (AvgIpc) is 2.79. The van der Waals surface area contributed by atoms with Gasteiger partial charge in [-0.05, 0) is 17.9 Å². The maximum absolute atomic E-state index is 12.0. The quantitative estimate of drug-likeness (QED) is 0.846. The Bertz CT molecular complexity index is 502. The molecule has 0 saturated carbocycles. The SMILES string of the molecule is CC(C)CCNC(=O)NC1CC(=O)N(Cc2ccccc2)C1. The Labute approximate surface area is 132 Å². The van der Waals surface area contributed by atoms with Crippen molar-refractivity contribution in [3.05, 3.63) is 35.9 Å². The number of rotatable bonds is 6. The monoisotopic (exact) mass is 303 g/mol. The van der Waals surface area contributed by atoms with E-state index in [1.54, 1.807) is 4.90 Å². The van der Waals surface area contributed by atoms with Crippen molar-refractivity contribution in [1.82, 2.24) is 15.5 Å². The smallest absolute Gasteiger partial charge is 0.315 e. The van der Waals surface area contributed by atoms with E-state index in [0.717, 1.165) is 12.0 Å². The molecule has 1 unspecified atom stereocenters. The van der Waals surface area contributed by atoms with Gasteiger partial charge in [-0.25, -0.2) is 4.79 Å². The summed E-state index contributed by atoms with van der Waals surface area (Å²) >= 11 is 0. The van der Waals surface area contributed by atoms with Gasteiger partial charge in [0.25, 0.3) is 0 Å². The van der Waals surface area contributed by atoms with E-state index in [-0.39, 0.29) is 18.0 Å². The van der Waals surface area contributed by atoms with Gasteiger partial charge < -0.3 is 15.5 Å². The Morgan fingerprint density at radius 3 is 2.73 bits per heavy atom. The van der Waals surface area contributed by atoms with Gasteiger partial charge in [-0.2, -0.15) is 0 Å². The van der Waals surface area contributed by atoms with E-state index in [2.05, 4.69) is 24.5 Å². The fourth-order valence-electron chi connectivity index (χ4n) is 2.54. The van der Waals surface area contributed by atoms with E-state index in [0.29, 0.717) is 32.0 Å². The Morgan fingerprint density at radius 2 is 2.05 bits per heavy atom. The zero-order valence-electron chi connectivity index (χ0n) is 13.3. The first-order valence-electron chi connectivity index (χ1n) is 7.90. The van der Waals surface area contributed by atoms with Crippen molar-refractivity contribution in [3.63, 3.8) is 0 Å². The number of amides is 3. The molecule has 120 valence electrons. The summed E-state index contributed by atoms with van der Waals surface area (Å²) in [6.07, 6.45) is 1.33. The number of nitrogens with zero attached hydrogens (tertiary/aromatic N) is 1. The second-order valence-electron chi connectivity index (χ2n) is 6.24. The summed E-state index contributed by atoms with van der Waals surface area (Å²) in [4.78, 5) is 25.6. The molecule has 1 heterocycles. The van der Waals surface area contributed by atoms with Crippen LogP contribution in [0.1, 0.15) is 32.3 Å². The van der Waals surface area contributed by atoms with Crippen molar-refractivity contribution < 1.29 is 9.59 Å². The molecule has 22 heavy (non-hydrogen) atoms. The molecule has 5 nitrogen and oxygen atoms in total. The van der Waals surface area contributed by atoms with E-state index in [4.69, 9.17) is 0 Å². The molecule has 1 aromatic rings. The van der Waals surface area contributed by atoms with Gasteiger partial charge in [0.05, 0.1) is 6.04 Å². The van der Waals surface area contributed by atoms with Crippen LogP contribution in [-0.2, 0) is 11.3 Å². The molecule has 0 radical (unpaired) electrons. The first kappa shape index (κ1) is 16.3. The molecule has 1 aliphatic heterocycles. The highest BCUT2D eigenvalue weighted by Gasteiger charge is 2.30. The number of hydrogen-bond acceptors (Lipinski definition) is 2. The van der Waals surface area contributed by atoms with Crippen LogP contribution in [0.15, 0.2) is 30.3 Å². The van der Waals surface area contributed by atoms with Gasteiger partial charge in [0.1, 0.15) is 0 Å². The lowest BCUT2D eigenvalue weighted by Gasteiger charge is -2.17. The summed E-state index contributed by atoms with van der Waals surface area (Å²) in [5, 5.41) is 5.73. The van der Waals surface area contributed by atoms with Crippen molar-refractivity contribution in [1.29, 1.82) is 0 Å². The molecule has 3 amide bonds. The zero-order valence-corrected chi connectivity index (χ0v) is 13.3. The Hall–Kier alpha value is -2.04. The minimum absolute atomic E-state index is 0.0938. The third kappa shape index (κ3) is 5.06. The Kier molecular flexibility index (Phi) is 5.81. The van der Waals surface area contributed by atoms with Crippen molar-refractivity contribution >= 4 is 11.9 Å². The number of benzene rings is 1. The fraction of sp³-hybridized carbons (Fsp3) is 0.529. The maximum Gasteiger partial charge on any atom is 0.315 e. The molecule has 1 aliphatic rings. The van der Waals surface area contributed by atoms with E-state index < -0.39 is 0 Å². The van der Waals surface area contributed by atoms with Gasteiger partial charge in [-0.1, -0.05) is 44.2 Å². The van der Waals surface area contributed by atoms with Crippen molar-refractivity contribution in [2.24, 2.45) is 5.92 Å². The highest BCUT2D eigenvalue weighted by Crippen LogP contribution is 2.14. The predicted octanol–water partition coefficient (Wildman–Crippen LogP) is 2.13. The lowest BCUT2D eigenvalue weighted by molar-refractivity contribution is -0.128. The topological polar surface area (TPSA) is 61.4 Å². The van der Waals surface area contributed by atoms with E-state index in [1.165, 1.54) is 0 Å². The molecule has 0 bridgehead atoms. The van der Waals surface area contributed by atoms with E-state index in [1.807, 2.05) is 30.3 Å². The molecule has 1 aromatic carbocycles. The molecule has 0 aromatic heterocycles. The van der Waals surface area contributed by atoms with Crippen LogP contribution in [0.2, 0.25) is 0 Å². The Morgan fingerprint density at radius 1 is 1.32 bits per heavy atom. The van der Waals surface area contributed by atoms with Crippen LogP contribution in [0.4, 0.5) is 4.79 Å². The maximum atomic E-state index is 12.0. The largest absolute Gasteiger partial charge is 0.338 e. The van der Waals surface area contributed by atoms with Crippen LogP contribution >= 0.6 is 0 Å². The summed E-state index contributed by atoms with van der Waals surface area (Å²) in [5.41, 5.74) is 1.11. The lowest BCUT2D eigenvalue weighted by Crippen LogP contribution is -2.43. The Balaban J connectivity index is 1.76. The van der Waals surface area contributed by atoms with Crippen LogP contribution in [0.25, 0.3) is 0 Å². The summed E-state index contributed by atoms with van der Waals surface area (Å²) < 4.78 is 0. The molecule has 0 spiro atoms. The zero-order chi connectivity index (χ0) is 15.9. The van der Waals surface area contributed by atoms with Crippen LogP contribution in [-0.4, -0.2) is 36.0 Å². The average molecular weight is 303 g/mol. The molecule has 2 N–H and O–H groups in total. The van der Waals surface area contributed by atoms with Crippen LogP contribution in [0, 0.1) is 5.92 Å². The second kappa shape index (κ2) is 7.82. The number of carbonyl (C=O) groups excluding carboxylic acids is 2. The number of hydrogen-bond donors (Lipinski definition) is 2. The standard InChI is InChI=1S/C17H25N3O2/c1-13(2)8-9-18-17(22)19-15-10-16(21)20(12-15)11-14-6-4-3-5-7-14/h3-7,13,15H,8-12H2,1-2H3,(H2,18,19,22). The third-order valence-electron chi connectivity index (χ3n) is 3.77. The minimum Gasteiger partial charge on any atom is -0.338 e. The second-order valence-corrected chi connectivity index (χ2v) is 6.24. The number of urea groups is 1. The van der Waals surface area contributed by atoms with Gasteiger partial charge in [0, 0.05) is 26.1 Å². The predicted molar refractivity (Wildman–Crippen MR) is 86.3 cm³/mol. The molecule has 2 rings (SSSR count). The molecule has 1 saturated heterocycles. The van der Waals surface area contributed by atoms with Crippen LogP contribution in [0.5, 0.6) is 0 Å². The van der Waals surface area contributed by atoms with Crippen LogP contribution in [0.3, 0.4) is 0 Å². The lowest BCUT2D eigenvalue weighted by atomic mass is 10.1. The summed E-state index contributed by atoms with van der Waals surface area (Å²) in [5.74, 6) is 0.658. The van der Waals surface area contributed by atoms with Gasteiger partial charge >= 0.3 is 6.03 Å². The fourth-order valence-corrected chi connectivity index (χ4v) is 2.54. The highest BCUT2D eigenvalue weighted by molar-refractivity contribution is 5.81. The van der Waals surface area contributed by atoms with Crippen molar-refractivity contribution in [2.75, 3.05) is 13.1 Å². The van der Waals surface area contributed by atoms with E-state index in [9.17, 15) is 9.59 Å². The number of carbonyl (C=O) groups is 2. The third-order valence-corrected chi connectivity index (χ3v) is 3.77. The molecule has 5 heteroatoms. The van der Waals surface area contributed by atoms with E-state index >= 15 is 0 Å². The van der Waals surface area contributed by atoms with Crippen molar-refractivity contribution in [3.8, 4) is 0 Å². The first-order valence-corrected chi connectivity index (χ1v) is 7.90. The molecule has 1 fully saturated rings.